The van der Waals surface area contributed by atoms with Gasteiger partial charge in [-0.05, 0) is 37.5 Å². The fourth-order valence-electron chi connectivity index (χ4n) is 2.35. The summed E-state index contributed by atoms with van der Waals surface area (Å²) in [5.41, 5.74) is 1.16. The highest BCUT2D eigenvalue weighted by Gasteiger charge is 2.11. The maximum Gasteiger partial charge on any atom is 0.191 e. The molecule has 5 nitrogen and oxygen atoms in total. The van der Waals surface area contributed by atoms with Gasteiger partial charge in [-0.3, -0.25) is 0 Å². The highest BCUT2D eigenvalue weighted by atomic mass is 16.5. The highest BCUT2D eigenvalue weighted by Crippen LogP contribution is 2.13. The molecule has 0 heterocycles. The molecule has 0 radical (unpaired) electrons. The van der Waals surface area contributed by atoms with Crippen LogP contribution in [0.4, 0.5) is 0 Å². The van der Waals surface area contributed by atoms with E-state index in [9.17, 15) is 0 Å². The fourth-order valence-corrected chi connectivity index (χ4v) is 2.35. The number of benzene rings is 1. The van der Waals surface area contributed by atoms with Crippen molar-refractivity contribution in [3.05, 3.63) is 42.0 Å². The SMILES string of the molecule is CCNC(=NCc1ccc(OCCOC)cc1)NC1CC=CC1. The van der Waals surface area contributed by atoms with Crippen LogP contribution in [0, 0.1) is 0 Å². The summed E-state index contributed by atoms with van der Waals surface area (Å²) >= 11 is 0. The van der Waals surface area contributed by atoms with Gasteiger partial charge in [0.2, 0.25) is 0 Å². The van der Waals surface area contributed by atoms with Crippen LogP contribution in [0.5, 0.6) is 5.75 Å². The first-order valence-electron chi connectivity index (χ1n) is 8.22. The zero-order valence-corrected chi connectivity index (χ0v) is 14.0. The molecule has 2 N–H and O–H groups in total. The molecule has 2 rings (SSSR count). The largest absolute Gasteiger partial charge is 0.491 e. The maximum atomic E-state index is 5.56. The summed E-state index contributed by atoms with van der Waals surface area (Å²) in [4.78, 5) is 4.66. The van der Waals surface area contributed by atoms with E-state index in [0.29, 0.717) is 25.8 Å². The number of nitrogens with one attached hydrogen (secondary N) is 2. The van der Waals surface area contributed by atoms with Gasteiger partial charge >= 0.3 is 0 Å². The Morgan fingerprint density at radius 1 is 1.17 bits per heavy atom. The third-order valence-electron chi connectivity index (χ3n) is 3.59. The number of hydrogen-bond donors (Lipinski definition) is 2. The van der Waals surface area contributed by atoms with Gasteiger partial charge in [-0.25, -0.2) is 4.99 Å². The fraction of sp³-hybridized carbons (Fsp3) is 0.500. The van der Waals surface area contributed by atoms with Gasteiger partial charge in [0.15, 0.2) is 5.96 Å². The molecule has 0 spiro atoms. The summed E-state index contributed by atoms with van der Waals surface area (Å²) in [6.45, 7) is 4.75. The van der Waals surface area contributed by atoms with E-state index >= 15 is 0 Å². The van der Waals surface area contributed by atoms with Crippen molar-refractivity contribution in [1.82, 2.24) is 10.6 Å². The molecule has 5 heteroatoms. The van der Waals surface area contributed by atoms with Gasteiger partial charge in [-0.2, -0.15) is 0 Å². The van der Waals surface area contributed by atoms with Crippen LogP contribution in [-0.4, -0.2) is 38.9 Å². The average Bonchev–Trinajstić information content (AvgIpc) is 3.07. The second kappa shape index (κ2) is 9.90. The van der Waals surface area contributed by atoms with E-state index in [-0.39, 0.29) is 0 Å². The Morgan fingerprint density at radius 3 is 2.57 bits per heavy atom. The first kappa shape index (κ1) is 17.3. The van der Waals surface area contributed by atoms with E-state index in [1.807, 2.05) is 24.3 Å². The second-order valence-corrected chi connectivity index (χ2v) is 5.46. The summed E-state index contributed by atoms with van der Waals surface area (Å²) in [7, 11) is 1.67. The van der Waals surface area contributed by atoms with E-state index in [1.165, 1.54) is 0 Å². The molecular formula is C18H27N3O2. The van der Waals surface area contributed by atoms with Crippen LogP contribution >= 0.6 is 0 Å². The predicted octanol–water partition coefficient (Wildman–Crippen LogP) is 2.49. The van der Waals surface area contributed by atoms with Crippen LogP contribution in [0.3, 0.4) is 0 Å². The van der Waals surface area contributed by atoms with Gasteiger partial charge in [-0.1, -0.05) is 24.3 Å². The van der Waals surface area contributed by atoms with E-state index in [1.54, 1.807) is 7.11 Å². The molecule has 0 unspecified atom stereocenters. The maximum absolute atomic E-state index is 5.56. The van der Waals surface area contributed by atoms with Gasteiger partial charge in [0.05, 0.1) is 13.2 Å². The lowest BCUT2D eigenvalue weighted by Gasteiger charge is -2.16. The Labute approximate surface area is 138 Å². The lowest BCUT2D eigenvalue weighted by molar-refractivity contribution is 0.146. The Balaban J connectivity index is 1.85. The molecule has 0 bridgehead atoms. The molecule has 1 aromatic carbocycles. The third kappa shape index (κ3) is 6.32. The monoisotopic (exact) mass is 317 g/mol. The highest BCUT2D eigenvalue weighted by molar-refractivity contribution is 5.80. The first-order valence-corrected chi connectivity index (χ1v) is 8.22. The number of hydrogen-bond acceptors (Lipinski definition) is 3. The minimum Gasteiger partial charge on any atom is -0.491 e. The quantitative estimate of drug-likeness (QED) is 0.335. The smallest absolute Gasteiger partial charge is 0.191 e. The van der Waals surface area contributed by atoms with Crippen molar-refractivity contribution in [2.75, 3.05) is 26.9 Å². The van der Waals surface area contributed by atoms with Crippen molar-refractivity contribution < 1.29 is 9.47 Å². The van der Waals surface area contributed by atoms with Crippen molar-refractivity contribution in [2.24, 2.45) is 4.99 Å². The Hall–Kier alpha value is -2.01. The van der Waals surface area contributed by atoms with E-state index in [2.05, 4.69) is 34.7 Å². The van der Waals surface area contributed by atoms with Crippen molar-refractivity contribution in [2.45, 2.75) is 32.4 Å². The molecule has 126 valence electrons. The predicted molar refractivity (Wildman–Crippen MR) is 93.9 cm³/mol. The molecule has 0 saturated carbocycles. The summed E-state index contributed by atoms with van der Waals surface area (Å²) in [6, 6.07) is 8.51. The molecular weight excluding hydrogens is 290 g/mol. The van der Waals surface area contributed by atoms with E-state index in [0.717, 1.165) is 36.7 Å². The minimum absolute atomic E-state index is 0.462. The number of ether oxygens (including phenoxy) is 2. The number of nitrogens with zero attached hydrogens (tertiary/aromatic N) is 1. The molecule has 1 aliphatic rings. The Bertz CT molecular complexity index is 504. The van der Waals surface area contributed by atoms with Crippen molar-refractivity contribution in [3.8, 4) is 5.75 Å². The topological polar surface area (TPSA) is 54.9 Å². The number of aliphatic imine (C=N–C) groups is 1. The van der Waals surface area contributed by atoms with Crippen molar-refractivity contribution >= 4 is 5.96 Å². The molecule has 0 aliphatic heterocycles. The van der Waals surface area contributed by atoms with Crippen LogP contribution in [0.2, 0.25) is 0 Å². The van der Waals surface area contributed by atoms with Crippen molar-refractivity contribution in [1.29, 1.82) is 0 Å². The summed E-state index contributed by atoms with van der Waals surface area (Å²) in [6.07, 6.45) is 6.56. The lowest BCUT2D eigenvalue weighted by Crippen LogP contribution is -2.42. The molecule has 0 amide bonds. The van der Waals surface area contributed by atoms with Crippen molar-refractivity contribution in [3.63, 3.8) is 0 Å². The van der Waals surface area contributed by atoms with Crippen LogP contribution in [0.15, 0.2) is 41.4 Å². The lowest BCUT2D eigenvalue weighted by atomic mass is 10.2. The number of guanidine groups is 1. The Morgan fingerprint density at radius 2 is 1.91 bits per heavy atom. The van der Waals surface area contributed by atoms with Gasteiger partial charge in [0.1, 0.15) is 12.4 Å². The van der Waals surface area contributed by atoms with Gasteiger partial charge in [-0.15, -0.1) is 0 Å². The Kier molecular flexibility index (Phi) is 7.46. The normalized spacial score (nSPS) is 15.0. The minimum atomic E-state index is 0.462. The molecule has 0 atom stereocenters. The van der Waals surface area contributed by atoms with Crippen LogP contribution in [0.1, 0.15) is 25.3 Å². The van der Waals surface area contributed by atoms with Crippen LogP contribution in [0.25, 0.3) is 0 Å². The van der Waals surface area contributed by atoms with E-state index < -0.39 is 0 Å². The molecule has 0 aromatic heterocycles. The summed E-state index contributed by atoms with van der Waals surface area (Å²) in [5.74, 6) is 1.73. The molecule has 23 heavy (non-hydrogen) atoms. The van der Waals surface area contributed by atoms with Crippen LogP contribution < -0.4 is 15.4 Å². The summed E-state index contributed by atoms with van der Waals surface area (Å²) < 4.78 is 10.5. The third-order valence-corrected chi connectivity index (χ3v) is 3.59. The molecule has 0 saturated heterocycles. The molecule has 1 aromatic rings. The molecule has 1 aliphatic carbocycles. The standard InChI is InChI=1S/C18H27N3O2/c1-3-19-18(21-16-6-4-5-7-16)20-14-15-8-10-17(11-9-15)23-13-12-22-2/h4-5,8-11,16H,3,6-7,12-14H2,1-2H3,(H2,19,20,21). The van der Waals surface area contributed by atoms with Gasteiger partial charge in [0, 0.05) is 19.7 Å². The van der Waals surface area contributed by atoms with Gasteiger partial charge < -0.3 is 20.1 Å². The zero-order chi connectivity index (χ0) is 16.3. The van der Waals surface area contributed by atoms with Gasteiger partial charge in [0.25, 0.3) is 0 Å². The van der Waals surface area contributed by atoms with E-state index in [4.69, 9.17) is 9.47 Å². The number of methoxy groups -OCH3 is 1. The molecule has 0 fully saturated rings. The van der Waals surface area contributed by atoms with Crippen LogP contribution in [-0.2, 0) is 11.3 Å². The number of rotatable bonds is 8. The second-order valence-electron chi connectivity index (χ2n) is 5.46. The average molecular weight is 317 g/mol. The first-order chi connectivity index (χ1) is 11.3. The zero-order valence-electron chi connectivity index (χ0n) is 14.0. The summed E-state index contributed by atoms with van der Waals surface area (Å²) in [5, 5.41) is 6.77.